The van der Waals surface area contributed by atoms with Crippen LogP contribution in [-0.2, 0) is 15.3 Å². The van der Waals surface area contributed by atoms with Gasteiger partial charge in [-0.3, -0.25) is 9.59 Å². The zero-order valence-corrected chi connectivity index (χ0v) is 16.3. The molecular formula is C20H22FNO4S. The molecule has 2 rings (SSSR count). The molecule has 1 amide bonds. The number of halogens is 1. The number of benzene rings is 2. The number of amides is 1. The predicted octanol–water partition coefficient (Wildman–Crippen LogP) is 5.22. The maximum Gasteiger partial charge on any atom is 0.314 e. The monoisotopic (exact) mass is 391 g/mol. The molecule has 27 heavy (non-hydrogen) atoms. The van der Waals surface area contributed by atoms with Gasteiger partial charge < -0.3 is 14.8 Å². The largest absolute Gasteiger partial charge is 0.457 e. The van der Waals surface area contributed by atoms with Crippen molar-refractivity contribution in [3.05, 3.63) is 59.9 Å². The molecule has 0 heterocycles. The molecule has 0 aliphatic carbocycles. The maximum atomic E-state index is 12.8. The van der Waals surface area contributed by atoms with Crippen LogP contribution >= 0.6 is 11.8 Å². The SMILES string of the molecule is CC(C)(C)C(=O)OCOc1ccc(CSC(=O)Nc2ccc(F)cc2)cc1. The number of nitrogens with one attached hydrogen (secondary N) is 1. The number of rotatable bonds is 6. The molecule has 0 aromatic heterocycles. The number of hydrogen-bond donors (Lipinski definition) is 1. The van der Waals surface area contributed by atoms with Crippen molar-refractivity contribution in [2.75, 3.05) is 12.1 Å². The van der Waals surface area contributed by atoms with Gasteiger partial charge >= 0.3 is 5.97 Å². The quantitative estimate of drug-likeness (QED) is 0.540. The van der Waals surface area contributed by atoms with Crippen LogP contribution in [0.25, 0.3) is 0 Å². The molecule has 7 heteroatoms. The number of carbonyl (C=O) groups is 2. The van der Waals surface area contributed by atoms with Gasteiger partial charge in [0.05, 0.1) is 5.41 Å². The molecule has 5 nitrogen and oxygen atoms in total. The van der Waals surface area contributed by atoms with Crippen LogP contribution in [0.4, 0.5) is 14.9 Å². The van der Waals surface area contributed by atoms with E-state index in [9.17, 15) is 14.0 Å². The normalized spacial score (nSPS) is 11.0. The van der Waals surface area contributed by atoms with Crippen molar-refractivity contribution in [3.8, 4) is 5.75 Å². The van der Waals surface area contributed by atoms with Crippen LogP contribution in [0.15, 0.2) is 48.5 Å². The second-order valence-electron chi connectivity index (χ2n) is 6.80. The Hall–Kier alpha value is -2.54. The fourth-order valence-electron chi connectivity index (χ4n) is 1.89. The summed E-state index contributed by atoms with van der Waals surface area (Å²) in [5, 5.41) is 2.46. The highest BCUT2D eigenvalue weighted by Gasteiger charge is 2.22. The van der Waals surface area contributed by atoms with Gasteiger partial charge in [-0.15, -0.1) is 0 Å². The Kier molecular flexibility index (Phi) is 7.24. The van der Waals surface area contributed by atoms with Crippen LogP contribution < -0.4 is 10.1 Å². The fourth-order valence-corrected chi connectivity index (χ4v) is 2.57. The summed E-state index contributed by atoms with van der Waals surface area (Å²) >= 11 is 1.10. The van der Waals surface area contributed by atoms with Gasteiger partial charge in [-0.1, -0.05) is 23.9 Å². The van der Waals surface area contributed by atoms with Gasteiger partial charge in [0.15, 0.2) is 0 Å². The minimum atomic E-state index is -0.571. The van der Waals surface area contributed by atoms with Crippen molar-refractivity contribution >= 4 is 28.7 Å². The third-order valence-corrected chi connectivity index (χ3v) is 4.25. The highest BCUT2D eigenvalue weighted by Crippen LogP contribution is 2.20. The van der Waals surface area contributed by atoms with Crippen molar-refractivity contribution in [1.29, 1.82) is 0 Å². The molecule has 0 aliphatic heterocycles. The highest BCUT2D eigenvalue weighted by atomic mass is 32.2. The Balaban J connectivity index is 1.74. The highest BCUT2D eigenvalue weighted by molar-refractivity contribution is 8.13. The third kappa shape index (κ3) is 7.30. The van der Waals surface area contributed by atoms with E-state index < -0.39 is 5.41 Å². The van der Waals surface area contributed by atoms with Gasteiger partial charge in [-0.2, -0.15) is 0 Å². The first kappa shape index (κ1) is 20.8. The fraction of sp³-hybridized carbons (Fsp3) is 0.300. The van der Waals surface area contributed by atoms with Crippen LogP contribution in [0.1, 0.15) is 26.3 Å². The first-order valence-corrected chi connectivity index (χ1v) is 9.31. The third-order valence-electron chi connectivity index (χ3n) is 3.41. The lowest BCUT2D eigenvalue weighted by Gasteiger charge is -2.16. The standard InChI is InChI=1S/C20H22FNO4S/c1-20(2,3)18(23)26-13-25-17-10-4-14(5-11-17)12-27-19(24)22-16-8-6-15(21)7-9-16/h4-11H,12-13H2,1-3H3,(H,22,24). The molecule has 1 N–H and O–H groups in total. The van der Waals surface area contributed by atoms with Crippen LogP contribution in [0.2, 0.25) is 0 Å². The number of hydrogen-bond acceptors (Lipinski definition) is 5. The molecule has 0 saturated carbocycles. The number of ether oxygens (including phenoxy) is 2. The Morgan fingerprint density at radius 2 is 1.67 bits per heavy atom. The van der Waals surface area contributed by atoms with Gasteiger partial charge in [0, 0.05) is 11.4 Å². The topological polar surface area (TPSA) is 64.6 Å². The molecule has 0 atom stereocenters. The summed E-state index contributed by atoms with van der Waals surface area (Å²) < 4.78 is 23.3. The summed E-state index contributed by atoms with van der Waals surface area (Å²) in [6.45, 7) is 5.17. The Morgan fingerprint density at radius 3 is 2.26 bits per heavy atom. The lowest BCUT2D eigenvalue weighted by Crippen LogP contribution is -2.24. The van der Waals surface area contributed by atoms with Gasteiger partial charge in [-0.25, -0.2) is 4.39 Å². The summed E-state index contributed by atoms with van der Waals surface area (Å²) in [6.07, 6.45) is 0. The average Bonchev–Trinajstić information content (AvgIpc) is 2.62. The number of carbonyl (C=O) groups excluding carboxylic acids is 2. The summed E-state index contributed by atoms with van der Waals surface area (Å²) in [7, 11) is 0. The molecule has 0 unspecified atom stereocenters. The first-order chi connectivity index (χ1) is 12.7. The zero-order valence-electron chi connectivity index (χ0n) is 15.5. The molecule has 0 aliphatic rings. The van der Waals surface area contributed by atoms with Crippen molar-refractivity contribution in [3.63, 3.8) is 0 Å². The molecule has 0 saturated heterocycles. The van der Waals surface area contributed by atoms with E-state index in [1.807, 2.05) is 12.1 Å². The first-order valence-electron chi connectivity index (χ1n) is 8.32. The molecule has 144 valence electrons. The van der Waals surface area contributed by atoms with Crippen molar-refractivity contribution in [1.82, 2.24) is 0 Å². The second kappa shape index (κ2) is 9.41. The Labute approximate surface area is 162 Å². The molecular weight excluding hydrogens is 369 g/mol. The van der Waals surface area contributed by atoms with E-state index in [4.69, 9.17) is 9.47 Å². The van der Waals surface area contributed by atoms with Gasteiger partial charge in [0.1, 0.15) is 11.6 Å². The van der Waals surface area contributed by atoms with Gasteiger partial charge in [-0.05, 0) is 62.7 Å². The van der Waals surface area contributed by atoms with Crippen molar-refractivity contribution in [2.45, 2.75) is 26.5 Å². The second-order valence-corrected chi connectivity index (χ2v) is 7.74. The van der Waals surface area contributed by atoms with Gasteiger partial charge in [0.25, 0.3) is 5.24 Å². The summed E-state index contributed by atoms with van der Waals surface area (Å²) in [6, 6.07) is 12.8. The van der Waals surface area contributed by atoms with Crippen molar-refractivity contribution in [2.24, 2.45) is 5.41 Å². The summed E-state index contributed by atoms with van der Waals surface area (Å²) in [5.41, 5.74) is 0.912. The zero-order chi connectivity index (χ0) is 19.9. The summed E-state index contributed by atoms with van der Waals surface area (Å²) in [4.78, 5) is 23.6. The van der Waals surface area contributed by atoms with E-state index in [-0.39, 0.29) is 23.8 Å². The van der Waals surface area contributed by atoms with E-state index >= 15 is 0 Å². The maximum absolute atomic E-state index is 12.8. The molecule has 0 radical (unpaired) electrons. The lowest BCUT2D eigenvalue weighted by atomic mass is 9.98. The molecule has 0 bridgehead atoms. The molecule has 0 spiro atoms. The van der Waals surface area contributed by atoms with Crippen LogP contribution in [0.5, 0.6) is 5.75 Å². The lowest BCUT2D eigenvalue weighted by molar-refractivity contribution is -0.159. The average molecular weight is 391 g/mol. The number of anilines is 1. The number of thioether (sulfide) groups is 1. The van der Waals surface area contributed by atoms with E-state index in [2.05, 4.69) is 5.32 Å². The van der Waals surface area contributed by atoms with Gasteiger partial charge in [0.2, 0.25) is 6.79 Å². The predicted molar refractivity (Wildman–Crippen MR) is 104 cm³/mol. The minimum Gasteiger partial charge on any atom is -0.457 e. The van der Waals surface area contributed by atoms with E-state index in [0.29, 0.717) is 17.2 Å². The van der Waals surface area contributed by atoms with E-state index in [1.54, 1.807) is 32.9 Å². The van der Waals surface area contributed by atoms with Crippen LogP contribution in [0.3, 0.4) is 0 Å². The van der Waals surface area contributed by atoms with E-state index in [1.165, 1.54) is 24.3 Å². The van der Waals surface area contributed by atoms with Crippen molar-refractivity contribution < 1.29 is 23.5 Å². The molecule has 0 fully saturated rings. The van der Waals surface area contributed by atoms with Crippen LogP contribution in [-0.4, -0.2) is 18.0 Å². The molecule has 2 aromatic carbocycles. The van der Waals surface area contributed by atoms with E-state index in [0.717, 1.165) is 17.3 Å². The Morgan fingerprint density at radius 1 is 1.04 bits per heavy atom. The van der Waals surface area contributed by atoms with Crippen LogP contribution in [0, 0.1) is 11.2 Å². The smallest absolute Gasteiger partial charge is 0.314 e. The molecule has 2 aromatic rings. The number of esters is 1. The summed E-state index contributed by atoms with van der Waals surface area (Å²) in [5.74, 6) is 0.367. The minimum absolute atomic E-state index is 0.149. The Bertz CT molecular complexity index is 770.